The lowest BCUT2D eigenvalue weighted by Gasteiger charge is -2.18. The molecule has 126 valence electrons. The van der Waals surface area contributed by atoms with Gasteiger partial charge in [0, 0.05) is 19.1 Å². The van der Waals surface area contributed by atoms with Crippen LogP contribution in [-0.2, 0) is 0 Å². The predicted molar refractivity (Wildman–Crippen MR) is 90.3 cm³/mol. The SMILES string of the molecule is CCNC(=NCCCN(C)CC(F)(F)F)NC1CC1C.I. The third kappa shape index (κ3) is 10.2. The minimum atomic E-state index is -4.13. The highest BCUT2D eigenvalue weighted by Crippen LogP contribution is 2.28. The Morgan fingerprint density at radius 3 is 2.48 bits per heavy atom. The lowest BCUT2D eigenvalue weighted by Crippen LogP contribution is -2.39. The van der Waals surface area contributed by atoms with E-state index in [9.17, 15) is 13.2 Å². The molecule has 0 radical (unpaired) electrons. The standard InChI is InChI=1S/C13H25F3N4.HI/c1-4-17-12(19-11-8-10(11)2)18-6-5-7-20(3)9-13(14,15)16;/h10-11H,4-9H2,1-3H3,(H2,17,18,19);1H. The molecule has 0 aromatic carbocycles. The van der Waals surface area contributed by atoms with Crippen molar-refractivity contribution in [1.29, 1.82) is 0 Å². The molecule has 1 rings (SSSR count). The van der Waals surface area contributed by atoms with E-state index in [1.165, 1.54) is 11.9 Å². The second-order valence-electron chi connectivity index (χ2n) is 5.43. The lowest BCUT2D eigenvalue weighted by atomic mass is 10.4. The van der Waals surface area contributed by atoms with Crippen molar-refractivity contribution in [1.82, 2.24) is 15.5 Å². The van der Waals surface area contributed by atoms with Crippen LogP contribution in [0.15, 0.2) is 4.99 Å². The van der Waals surface area contributed by atoms with E-state index in [0.717, 1.165) is 18.9 Å². The zero-order chi connectivity index (χ0) is 15.2. The third-order valence-corrected chi connectivity index (χ3v) is 3.19. The van der Waals surface area contributed by atoms with Gasteiger partial charge in [-0.15, -0.1) is 24.0 Å². The Balaban J connectivity index is 0.00000400. The molecule has 0 saturated heterocycles. The fraction of sp³-hybridized carbons (Fsp3) is 0.923. The summed E-state index contributed by atoms with van der Waals surface area (Å²) in [5, 5.41) is 6.46. The van der Waals surface area contributed by atoms with Gasteiger partial charge in [0.1, 0.15) is 0 Å². The summed E-state index contributed by atoms with van der Waals surface area (Å²) < 4.78 is 36.4. The Kier molecular flexibility index (Phi) is 9.59. The van der Waals surface area contributed by atoms with E-state index in [1.54, 1.807) is 0 Å². The Labute approximate surface area is 142 Å². The molecule has 1 fully saturated rings. The summed E-state index contributed by atoms with van der Waals surface area (Å²) in [6.45, 7) is 4.99. The molecule has 8 heteroatoms. The molecule has 0 aromatic heterocycles. The monoisotopic (exact) mass is 422 g/mol. The van der Waals surface area contributed by atoms with Crippen LogP contribution in [-0.4, -0.2) is 56.3 Å². The van der Waals surface area contributed by atoms with Crippen molar-refractivity contribution in [2.75, 3.05) is 33.2 Å². The van der Waals surface area contributed by atoms with Gasteiger partial charge in [-0.05, 0) is 39.3 Å². The third-order valence-electron chi connectivity index (χ3n) is 3.19. The summed E-state index contributed by atoms with van der Waals surface area (Å²) in [5.74, 6) is 1.44. The van der Waals surface area contributed by atoms with Crippen LogP contribution in [0.2, 0.25) is 0 Å². The highest BCUT2D eigenvalue weighted by Gasteiger charge is 2.33. The van der Waals surface area contributed by atoms with Crippen LogP contribution in [0, 0.1) is 5.92 Å². The van der Waals surface area contributed by atoms with Gasteiger partial charge < -0.3 is 10.6 Å². The maximum atomic E-state index is 12.1. The second-order valence-corrected chi connectivity index (χ2v) is 5.43. The Bertz CT molecular complexity index is 323. The zero-order valence-electron chi connectivity index (χ0n) is 12.8. The van der Waals surface area contributed by atoms with Crippen LogP contribution in [0.4, 0.5) is 13.2 Å². The fourth-order valence-electron chi connectivity index (χ4n) is 1.94. The molecule has 2 unspecified atom stereocenters. The zero-order valence-corrected chi connectivity index (χ0v) is 15.2. The lowest BCUT2D eigenvalue weighted by molar-refractivity contribution is -0.143. The van der Waals surface area contributed by atoms with E-state index in [0.29, 0.717) is 31.5 Å². The molecular weight excluding hydrogens is 396 g/mol. The van der Waals surface area contributed by atoms with Gasteiger partial charge in [-0.2, -0.15) is 13.2 Å². The van der Waals surface area contributed by atoms with Crippen LogP contribution in [0.3, 0.4) is 0 Å². The molecule has 1 aliphatic rings. The van der Waals surface area contributed by atoms with E-state index >= 15 is 0 Å². The van der Waals surface area contributed by atoms with Crippen LogP contribution < -0.4 is 10.6 Å². The minimum absolute atomic E-state index is 0. The number of hydrogen-bond acceptors (Lipinski definition) is 2. The predicted octanol–water partition coefficient (Wildman–Crippen LogP) is 2.45. The Hall–Kier alpha value is -0.250. The quantitative estimate of drug-likeness (QED) is 0.287. The van der Waals surface area contributed by atoms with Crippen molar-refractivity contribution in [3.63, 3.8) is 0 Å². The van der Waals surface area contributed by atoms with Crippen LogP contribution in [0.1, 0.15) is 26.7 Å². The molecule has 21 heavy (non-hydrogen) atoms. The van der Waals surface area contributed by atoms with Crippen molar-refractivity contribution >= 4 is 29.9 Å². The molecule has 2 atom stereocenters. The van der Waals surface area contributed by atoms with Crippen LogP contribution >= 0.6 is 24.0 Å². The normalized spacial score (nSPS) is 22.0. The van der Waals surface area contributed by atoms with Gasteiger partial charge in [-0.1, -0.05) is 6.92 Å². The van der Waals surface area contributed by atoms with Gasteiger partial charge >= 0.3 is 6.18 Å². The molecule has 0 aromatic rings. The van der Waals surface area contributed by atoms with Gasteiger partial charge in [-0.25, -0.2) is 0 Å². The van der Waals surface area contributed by atoms with Gasteiger partial charge in [0.15, 0.2) is 5.96 Å². The number of alkyl halides is 3. The average molecular weight is 422 g/mol. The van der Waals surface area contributed by atoms with Crippen molar-refractivity contribution in [2.24, 2.45) is 10.9 Å². The van der Waals surface area contributed by atoms with E-state index in [4.69, 9.17) is 0 Å². The first-order valence-corrected chi connectivity index (χ1v) is 7.12. The first-order chi connectivity index (χ1) is 9.31. The number of guanidine groups is 1. The molecule has 2 N–H and O–H groups in total. The molecule has 0 heterocycles. The molecular formula is C13H26F3IN4. The number of nitrogens with zero attached hydrogens (tertiary/aromatic N) is 2. The average Bonchev–Trinajstić information content (AvgIpc) is 2.98. The van der Waals surface area contributed by atoms with Gasteiger partial charge in [0.2, 0.25) is 0 Å². The molecule has 0 spiro atoms. The van der Waals surface area contributed by atoms with E-state index in [-0.39, 0.29) is 24.0 Å². The Morgan fingerprint density at radius 1 is 1.38 bits per heavy atom. The number of halogens is 4. The number of rotatable bonds is 7. The Morgan fingerprint density at radius 2 is 2.00 bits per heavy atom. The molecule has 1 saturated carbocycles. The van der Waals surface area contributed by atoms with Crippen molar-refractivity contribution in [2.45, 2.75) is 38.9 Å². The van der Waals surface area contributed by atoms with Gasteiger partial charge in [-0.3, -0.25) is 9.89 Å². The van der Waals surface area contributed by atoms with Gasteiger partial charge in [0.05, 0.1) is 6.54 Å². The molecule has 4 nitrogen and oxygen atoms in total. The summed E-state index contributed by atoms with van der Waals surface area (Å²) in [6.07, 6.45) is -2.36. The highest BCUT2D eigenvalue weighted by molar-refractivity contribution is 14.0. The summed E-state index contributed by atoms with van der Waals surface area (Å²) in [7, 11) is 1.48. The van der Waals surface area contributed by atoms with Crippen molar-refractivity contribution in [3.05, 3.63) is 0 Å². The summed E-state index contributed by atoms with van der Waals surface area (Å²) in [5.41, 5.74) is 0. The van der Waals surface area contributed by atoms with Crippen molar-refractivity contribution in [3.8, 4) is 0 Å². The van der Waals surface area contributed by atoms with E-state index in [1.807, 2.05) is 6.92 Å². The molecule has 0 amide bonds. The van der Waals surface area contributed by atoms with Crippen LogP contribution in [0.5, 0.6) is 0 Å². The first kappa shape index (κ1) is 20.8. The maximum absolute atomic E-state index is 12.1. The first-order valence-electron chi connectivity index (χ1n) is 7.12. The number of nitrogens with one attached hydrogen (secondary N) is 2. The van der Waals surface area contributed by atoms with E-state index < -0.39 is 12.7 Å². The molecule has 0 aliphatic heterocycles. The van der Waals surface area contributed by atoms with E-state index in [2.05, 4.69) is 22.5 Å². The van der Waals surface area contributed by atoms with Crippen LogP contribution in [0.25, 0.3) is 0 Å². The summed E-state index contributed by atoms with van der Waals surface area (Å²) >= 11 is 0. The largest absolute Gasteiger partial charge is 0.401 e. The topological polar surface area (TPSA) is 39.7 Å². The maximum Gasteiger partial charge on any atom is 0.401 e. The smallest absolute Gasteiger partial charge is 0.357 e. The number of aliphatic imine (C=N–C) groups is 1. The molecule has 0 bridgehead atoms. The highest BCUT2D eigenvalue weighted by atomic mass is 127. The summed E-state index contributed by atoms with van der Waals surface area (Å²) in [6, 6.07) is 0.487. The molecule has 1 aliphatic carbocycles. The fourth-order valence-corrected chi connectivity index (χ4v) is 1.94. The summed E-state index contributed by atoms with van der Waals surface area (Å²) in [4.78, 5) is 5.66. The van der Waals surface area contributed by atoms with Gasteiger partial charge in [0.25, 0.3) is 0 Å². The number of hydrogen-bond donors (Lipinski definition) is 2. The second kappa shape index (κ2) is 9.70. The minimum Gasteiger partial charge on any atom is -0.357 e. The van der Waals surface area contributed by atoms with Crippen molar-refractivity contribution < 1.29 is 13.2 Å².